The zero-order valence-corrected chi connectivity index (χ0v) is 14.7. The number of anilines is 1. The molecular weight excluding hydrogens is 330 g/mol. The topological polar surface area (TPSA) is 72.5 Å². The van der Waals surface area contributed by atoms with Crippen LogP contribution in [0.1, 0.15) is 31.2 Å². The summed E-state index contributed by atoms with van der Waals surface area (Å²) >= 11 is 0. The predicted octanol–water partition coefficient (Wildman–Crippen LogP) is 2.85. The third-order valence-corrected chi connectivity index (χ3v) is 5.10. The molecule has 1 amide bonds. The van der Waals surface area contributed by atoms with Crippen LogP contribution in [0.15, 0.2) is 42.7 Å². The van der Waals surface area contributed by atoms with Gasteiger partial charge in [-0.25, -0.2) is 0 Å². The number of pyridine rings is 1. The molecule has 0 unspecified atom stereocenters. The first kappa shape index (κ1) is 16.8. The number of aromatic nitrogens is 1. The third kappa shape index (κ3) is 3.51. The maximum atomic E-state index is 12.3. The summed E-state index contributed by atoms with van der Waals surface area (Å²) in [6, 6.07) is 9.69. The van der Waals surface area contributed by atoms with Crippen LogP contribution in [0.2, 0.25) is 0 Å². The summed E-state index contributed by atoms with van der Waals surface area (Å²) in [4.78, 5) is 16.3. The van der Waals surface area contributed by atoms with E-state index in [-0.39, 0.29) is 18.0 Å². The first-order valence-electron chi connectivity index (χ1n) is 9.10. The Morgan fingerprint density at radius 3 is 2.54 bits per heavy atom. The zero-order valence-electron chi connectivity index (χ0n) is 14.7. The van der Waals surface area contributed by atoms with E-state index in [0.717, 1.165) is 48.4 Å². The summed E-state index contributed by atoms with van der Waals surface area (Å²) in [6.45, 7) is 1.42. The molecule has 0 atom stereocenters. The third-order valence-electron chi connectivity index (χ3n) is 5.10. The molecule has 6 heteroatoms. The van der Waals surface area contributed by atoms with Crippen LogP contribution in [0, 0.1) is 0 Å². The van der Waals surface area contributed by atoms with Gasteiger partial charge < -0.3 is 14.8 Å². The number of nitrogens with zero attached hydrogens (tertiary/aromatic N) is 1. The fourth-order valence-corrected chi connectivity index (χ4v) is 3.78. The zero-order chi connectivity index (χ0) is 17.8. The van der Waals surface area contributed by atoms with E-state index in [1.165, 1.54) is 0 Å². The van der Waals surface area contributed by atoms with Gasteiger partial charge in [-0.05, 0) is 42.7 Å². The first-order chi connectivity index (χ1) is 12.8. The van der Waals surface area contributed by atoms with Crippen molar-refractivity contribution in [3.05, 3.63) is 48.3 Å². The van der Waals surface area contributed by atoms with Crippen LogP contribution in [0.5, 0.6) is 11.5 Å². The Labute approximate surface area is 152 Å². The van der Waals surface area contributed by atoms with Gasteiger partial charge in [0.05, 0.1) is 6.54 Å². The molecule has 2 N–H and O–H groups in total. The van der Waals surface area contributed by atoms with Crippen molar-refractivity contribution < 1.29 is 14.3 Å². The molecule has 0 saturated heterocycles. The molecular formula is C20H23N3O3. The lowest BCUT2D eigenvalue weighted by Crippen LogP contribution is -2.44. The minimum absolute atomic E-state index is 0.0555. The van der Waals surface area contributed by atoms with E-state index in [9.17, 15) is 4.79 Å². The van der Waals surface area contributed by atoms with Crippen LogP contribution in [0.25, 0.3) is 0 Å². The van der Waals surface area contributed by atoms with E-state index in [0.29, 0.717) is 13.2 Å². The number of carbonyl (C=O) groups excluding carboxylic acids is 1. The van der Waals surface area contributed by atoms with Crippen molar-refractivity contribution in [3.63, 3.8) is 0 Å². The maximum absolute atomic E-state index is 12.3. The average Bonchev–Trinajstić information content (AvgIpc) is 3.17. The molecule has 1 aliphatic heterocycles. The smallest absolute Gasteiger partial charge is 0.238 e. The summed E-state index contributed by atoms with van der Waals surface area (Å²) in [5.74, 6) is 1.53. The normalized spacial score (nSPS) is 17.7. The van der Waals surface area contributed by atoms with Crippen molar-refractivity contribution in [2.75, 3.05) is 25.1 Å². The standard InChI is InChI=1S/C20H23N3O3/c24-19(23-16-5-9-21-10-6-16)14-22-20(7-1-2-8-20)15-3-4-17-18(13-15)26-12-11-25-17/h3-6,9-10,13,22H,1-2,7-8,11-12,14H2,(H,21,23,24). The van der Waals surface area contributed by atoms with E-state index < -0.39 is 0 Å². The number of fused-ring (bicyclic) bond motifs is 1. The highest BCUT2D eigenvalue weighted by Crippen LogP contribution is 2.42. The molecule has 2 heterocycles. The molecule has 1 saturated carbocycles. The van der Waals surface area contributed by atoms with Crippen LogP contribution in [0.3, 0.4) is 0 Å². The molecule has 136 valence electrons. The minimum Gasteiger partial charge on any atom is -0.486 e. The van der Waals surface area contributed by atoms with Crippen LogP contribution >= 0.6 is 0 Å². The van der Waals surface area contributed by atoms with Gasteiger partial charge in [0.25, 0.3) is 0 Å². The molecule has 0 radical (unpaired) electrons. The summed E-state index contributed by atoms with van der Waals surface area (Å²) < 4.78 is 11.4. The van der Waals surface area contributed by atoms with Gasteiger partial charge in [0.15, 0.2) is 11.5 Å². The molecule has 6 nitrogen and oxygen atoms in total. The Morgan fingerprint density at radius 1 is 1.04 bits per heavy atom. The van der Waals surface area contributed by atoms with Gasteiger partial charge in [-0.2, -0.15) is 0 Å². The Hall–Kier alpha value is -2.60. The van der Waals surface area contributed by atoms with E-state index in [4.69, 9.17) is 9.47 Å². The van der Waals surface area contributed by atoms with Crippen LogP contribution in [0.4, 0.5) is 5.69 Å². The predicted molar refractivity (Wildman–Crippen MR) is 98.4 cm³/mol. The Bertz CT molecular complexity index is 773. The number of nitrogens with one attached hydrogen (secondary N) is 2. The van der Waals surface area contributed by atoms with Crippen molar-refractivity contribution in [1.82, 2.24) is 10.3 Å². The summed E-state index contributed by atoms with van der Waals surface area (Å²) in [7, 11) is 0. The molecule has 4 rings (SSSR count). The fourth-order valence-electron chi connectivity index (χ4n) is 3.78. The number of rotatable bonds is 5. The van der Waals surface area contributed by atoms with Crippen LogP contribution in [-0.2, 0) is 10.3 Å². The highest BCUT2D eigenvalue weighted by molar-refractivity contribution is 5.92. The quantitative estimate of drug-likeness (QED) is 0.865. The average molecular weight is 353 g/mol. The monoisotopic (exact) mass is 353 g/mol. The largest absolute Gasteiger partial charge is 0.486 e. The van der Waals surface area contributed by atoms with Gasteiger partial charge in [-0.3, -0.25) is 15.1 Å². The fraction of sp³-hybridized carbons (Fsp3) is 0.400. The maximum Gasteiger partial charge on any atom is 0.238 e. The number of amides is 1. The highest BCUT2D eigenvalue weighted by Gasteiger charge is 2.36. The Morgan fingerprint density at radius 2 is 1.77 bits per heavy atom. The molecule has 2 aromatic rings. The SMILES string of the molecule is O=C(CNC1(c2ccc3c(c2)OCCO3)CCCC1)Nc1ccncc1. The van der Waals surface area contributed by atoms with Gasteiger partial charge in [0, 0.05) is 23.6 Å². The van der Waals surface area contributed by atoms with E-state index in [1.54, 1.807) is 24.5 Å². The van der Waals surface area contributed by atoms with Crippen molar-refractivity contribution in [2.24, 2.45) is 0 Å². The van der Waals surface area contributed by atoms with Gasteiger partial charge in [0.2, 0.25) is 5.91 Å². The molecule has 1 aromatic heterocycles. The number of hydrogen-bond acceptors (Lipinski definition) is 5. The molecule has 0 bridgehead atoms. The van der Waals surface area contributed by atoms with E-state index >= 15 is 0 Å². The molecule has 0 spiro atoms. The van der Waals surface area contributed by atoms with Gasteiger partial charge in [-0.15, -0.1) is 0 Å². The summed E-state index contributed by atoms with van der Waals surface area (Å²) in [6.07, 6.45) is 7.64. The van der Waals surface area contributed by atoms with Crippen LogP contribution in [-0.4, -0.2) is 30.6 Å². The molecule has 1 aliphatic carbocycles. The number of benzene rings is 1. The van der Waals surface area contributed by atoms with Crippen molar-refractivity contribution in [3.8, 4) is 11.5 Å². The molecule has 26 heavy (non-hydrogen) atoms. The number of carbonyl (C=O) groups is 1. The summed E-state index contributed by atoms with van der Waals surface area (Å²) in [5.41, 5.74) is 1.73. The molecule has 1 aromatic carbocycles. The van der Waals surface area contributed by atoms with Gasteiger partial charge in [-0.1, -0.05) is 18.9 Å². The highest BCUT2D eigenvalue weighted by atomic mass is 16.6. The van der Waals surface area contributed by atoms with E-state index in [1.807, 2.05) is 6.07 Å². The number of ether oxygens (including phenoxy) is 2. The Balaban J connectivity index is 1.47. The van der Waals surface area contributed by atoms with Crippen molar-refractivity contribution in [2.45, 2.75) is 31.2 Å². The molecule has 2 aliphatic rings. The van der Waals surface area contributed by atoms with Crippen molar-refractivity contribution in [1.29, 1.82) is 0 Å². The second kappa shape index (κ2) is 7.33. The first-order valence-corrected chi connectivity index (χ1v) is 9.10. The number of hydrogen-bond donors (Lipinski definition) is 2. The summed E-state index contributed by atoms with van der Waals surface area (Å²) in [5, 5.41) is 6.41. The second-order valence-corrected chi connectivity index (χ2v) is 6.79. The van der Waals surface area contributed by atoms with E-state index in [2.05, 4.69) is 27.8 Å². The van der Waals surface area contributed by atoms with Gasteiger partial charge in [0.1, 0.15) is 13.2 Å². The molecule has 1 fully saturated rings. The lowest BCUT2D eigenvalue weighted by Gasteiger charge is -2.32. The lowest BCUT2D eigenvalue weighted by atomic mass is 9.87. The second-order valence-electron chi connectivity index (χ2n) is 6.79. The minimum atomic E-state index is -0.189. The Kier molecular flexibility index (Phi) is 4.75. The lowest BCUT2D eigenvalue weighted by molar-refractivity contribution is -0.115. The van der Waals surface area contributed by atoms with Crippen molar-refractivity contribution >= 4 is 11.6 Å². The van der Waals surface area contributed by atoms with Gasteiger partial charge >= 0.3 is 0 Å². The van der Waals surface area contributed by atoms with Crippen LogP contribution < -0.4 is 20.1 Å².